The van der Waals surface area contributed by atoms with Crippen molar-refractivity contribution in [3.05, 3.63) is 29.6 Å². The predicted molar refractivity (Wildman–Crippen MR) is 62.1 cm³/mol. The lowest BCUT2D eigenvalue weighted by Crippen LogP contribution is -2.53. The molecular formula is C10H10F3NO5S. The second-order valence-corrected chi connectivity index (χ2v) is 5.59. The van der Waals surface area contributed by atoms with Crippen LogP contribution in [0.25, 0.3) is 0 Å². The molecule has 0 aliphatic carbocycles. The highest BCUT2D eigenvalue weighted by Crippen LogP contribution is 2.29. The molecule has 0 saturated carbocycles. The molecule has 0 fully saturated rings. The minimum atomic E-state index is -5.17. The van der Waals surface area contributed by atoms with Gasteiger partial charge in [-0.2, -0.15) is 8.42 Å². The van der Waals surface area contributed by atoms with E-state index in [2.05, 4.69) is 0 Å². The smallest absolute Gasteiger partial charge is 0.361 e. The molecule has 0 atom stereocenters. The van der Waals surface area contributed by atoms with Gasteiger partial charge in [0.2, 0.25) is 0 Å². The van der Waals surface area contributed by atoms with Crippen molar-refractivity contribution in [1.29, 1.82) is 0 Å². The van der Waals surface area contributed by atoms with Crippen LogP contribution in [0, 0.1) is 17.5 Å². The Morgan fingerprint density at radius 2 is 1.60 bits per heavy atom. The maximum Gasteiger partial charge on any atom is 0.361 e. The predicted octanol–water partition coefficient (Wildman–Crippen LogP) is 1.58. The Labute approximate surface area is 112 Å². The van der Waals surface area contributed by atoms with Crippen LogP contribution < -0.4 is 4.31 Å². The fourth-order valence-electron chi connectivity index (χ4n) is 1.49. The van der Waals surface area contributed by atoms with Crippen molar-refractivity contribution in [1.82, 2.24) is 0 Å². The van der Waals surface area contributed by atoms with Gasteiger partial charge in [-0.15, -0.1) is 0 Å². The molecule has 10 heteroatoms. The third kappa shape index (κ3) is 2.85. The van der Waals surface area contributed by atoms with Crippen molar-refractivity contribution >= 4 is 22.0 Å². The number of halogens is 3. The molecule has 0 aromatic heterocycles. The Morgan fingerprint density at radius 3 is 1.90 bits per heavy atom. The molecule has 0 spiro atoms. The Balaban J connectivity index is 3.61. The molecule has 1 aromatic rings. The molecule has 0 aliphatic heterocycles. The normalized spacial score (nSPS) is 12.3. The number of carboxylic acids is 1. The lowest BCUT2D eigenvalue weighted by Gasteiger charge is -2.33. The number of nitrogens with zero attached hydrogens (tertiary/aromatic N) is 1. The van der Waals surface area contributed by atoms with Crippen molar-refractivity contribution in [3.63, 3.8) is 0 Å². The van der Waals surface area contributed by atoms with E-state index < -0.39 is 45.0 Å². The summed E-state index contributed by atoms with van der Waals surface area (Å²) in [4.78, 5) is 11.0. The molecule has 0 heterocycles. The van der Waals surface area contributed by atoms with Crippen LogP contribution in [0.15, 0.2) is 12.1 Å². The zero-order chi connectivity index (χ0) is 15.9. The number of anilines is 1. The van der Waals surface area contributed by atoms with Crippen LogP contribution in [0.1, 0.15) is 13.8 Å². The minimum Gasteiger partial charge on any atom is -0.479 e. The number of benzene rings is 1. The summed E-state index contributed by atoms with van der Waals surface area (Å²) < 4.78 is 70.5. The van der Waals surface area contributed by atoms with Crippen molar-refractivity contribution in [2.45, 2.75) is 19.4 Å². The summed E-state index contributed by atoms with van der Waals surface area (Å²) in [5, 5.41) is 8.95. The lowest BCUT2D eigenvalue weighted by molar-refractivity contribution is -0.141. The summed E-state index contributed by atoms with van der Waals surface area (Å²) in [7, 11) is -5.17. The summed E-state index contributed by atoms with van der Waals surface area (Å²) in [5.74, 6) is -7.00. The molecule has 6 nitrogen and oxygen atoms in total. The van der Waals surface area contributed by atoms with Crippen LogP contribution in [0.5, 0.6) is 0 Å². The first-order valence-corrected chi connectivity index (χ1v) is 6.44. The topological polar surface area (TPSA) is 94.9 Å². The van der Waals surface area contributed by atoms with Crippen LogP contribution in [0.4, 0.5) is 18.9 Å². The van der Waals surface area contributed by atoms with E-state index in [4.69, 9.17) is 9.66 Å². The van der Waals surface area contributed by atoms with Gasteiger partial charge < -0.3 is 5.11 Å². The summed E-state index contributed by atoms with van der Waals surface area (Å²) in [6.07, 6.45) is 0. The van der Waals surface area contributed by atoms with Gasteiger partial charge in [0, 0.05) is 12.1 Å². The van der Waals surface area contributed by atoms with Crippen LogP contribution in [0.3, 0.4) is 0 Å². The highest BCUT2D eigenvalue weighted by molar-refractivity contribution is 7.87. The largest absolute Gasteiger partial charge is 0.479 e. The van der Waals surface area contributed by atoms with Crippen LogP contribution >= 0.6 is 0 Å². The molecule has 20 heavy (non-hydrogen) atoms. The van der Waals surface area contributed by atoms with Gasteiger partial charge in [-0.3, -0.25) is 4.55 Å². The first-order valence-electron chi connectivity index (χ1n) is 5.05. The average molecular weight is 313 g/mol. The van der Waals surface area contributed by atoms with Gasteiger partial charge in [0.25, 0.3) is 0 Å². The first-order chi connectivity index (χ1) is 8.89. The molecule has 112 valence electrons. The quantitative estimate of drug-likeness (QED) is 0.650. The van der Waals surface area contributed by atoms with E-state index in [1.54, 1.807) is 0 Å². The van der Waals surface area contributed by atoms with Crippen LogP contribution in [-0.2, 0) is 15.1 Å². The molecule has 0 saturated heterocycles. The molecule has 0 amide bonds. The van der Waals surface area contributed by atoms with E-state index in [1.807, 2.05) is 0 Å². The van der Waals surface area contributed by atoms with Gasteiger partial charge in [0.1, 0.15) is 5.54 Å². The van der Waals surface area contributed by atoms with Crippen molar-refractivity contribution in [2.24, 2.45) is 0 Å². The van der Waals surface area contributed by atoms with E-state index in [1.165, 1.54) is 0 Å². The Hall–Kier alpha value is -1.81. The molecule has 1 aromatic carbocycles. The van der Waals surface area contributed by atoms with Crippen molar-refractivity contribution in [3.8, 4) is 0 Å². The second kappa shape index (κ2) is 4.94. The summed E-state index contributed by atoms with van der Waals surface area (Å²) in [6.45, 7) is 1.75. The average Bonchev–Trinajstić information content (AvgIpc) is 2.23. The molecule has 1 rings (SSSR count). The molecule has 0 radical (unpaired) electrons. The maximum absolute atomic E-state index is 13.1. The monoisotopic (exact) mass is 313 g/mol. The van der Waals surface area contributed by atoms with Crippen molar-refractivity contribution in [2.75, 3.05) is 4.31 Å². The first kappa shape index (κ1) is 16.2. The van der Waals surface area contributed by atoms with E-state index in [9.17, 15) is 26.4 Å². The van der Waals surface area contributed by atoms with Gasteiger partial charge >= 0.3 is 16.3 Å². The number of aliphatic carboxylic acids is 1. The highest BCUT2D eigenvalue weighted by atomic mass is 32.2. The number of rotatable bonds is 4. The van der Waals surface area contributed by atoms with Crippen LogP contribution in [0.2, 0.25) is 0 Å². The second-order valence-electron chi connectivity index (χ2n) is 4.33. The Kier molecular flexibility index (Phi) is 4.02. The third-order valence-corrected chi connectivity index (χ3v) is 3.59. The summed E-state index contributed by atoms with van der Waals surface area (Å²) in [5.41, 5.74) is -3.12. The molecule has 0 unspecified atom stereocenters. The standard InChI is InChI=1S/C10H10F3NO5S/c1-10(2,9(15)16)14(20(17,18)19)5-3-6(11)8(13)7(12)4-5/h3-4H,1-2H3,(H,15,16)(H,17,18,19). The SMILES string of the molecule is CC(C)(C(=O)O)N(c1cc(F)c(F)c(F)c1)S(=O)(=O)O. The Bertz CT molecular complexity index is 636. The van der Waals surface area contributed by atoms with Crippen LogP contribution in [-0.4, -0.2) is 29.6 Å². The highest BCUT2D eigenvalue weighted by Gasteiger charge is 2.42. The summed E-state index contributed by atoms with van der Waals surface area (Å²) in [6, 6.07) is 0.522. The zero-order valence-corrected chi connectivity index (χ0v) is 11.1. The van der Waals surface area contributed by atoms with E-state index in [-0.39, 0.29) is 16.4 Å². The van der Waals surface area contributed by atoms with Gasteiger partial charge in [0.15, 0.2) is 17.5 Å². The fourth-order valence-corrected chi connectivity index (χ4v) is 2.52. The maximum atomic E-state index is 13.1. The number of hydrogen-bond acceptors (Lipinski definition) is 3. The van der Waals surface area contributed by atoms with Gasteiger partial charge in [-0.25, -0.2) is 22.3 Å². The van der Waals surface area contributed by atoms with E-state index in [0.717, 1.165) is 13.8 Å². The van der Waals surface area contributed by atoms with Gasteiger partial charge in [-0.1, -0.05) is 0 Å². The fraction of sp³-hybridized carbons (Fsp3) is 0.300. The minimum absolute atomic E-state index is 0.131. The molecular weight excluding hydrogens is 303 g/mol. The van der Waals surface area contributed by atoms with Gasteiger partial charge in [0.05, 0.1) is 5.69 Å². The molecule has 0 bridgehead atoms. The molecule has 0 aliphatic rings. The lowest BCUT2D eigenvalue weighted by atomic mass is 10.1. The third-order valence-electron chi connectivity index (χ3n) is 2.46. The van der Waals surface area contributed by atoms with Crippen molar-refractivity contribution < 1.29 is 36.0 Å². The number of carbonyl (C=O) groups is 1. The Morgan fingerprint density at radius 1 is 1.20 bits per heavy atom. The zero-order valence-electron chi connectivity index (χ0n) is 10.3. The summed E-state index contributed by atoms with van der Waals surface area (Å²) >= 11 is 0. The van der Waals surface area contributed by atoms with Gasteiger partial charge in [-0.05, 0) is 13.8 Å². The van der Waals surface area contributed by atoms with E-state index >= 15 is 0 Å². The number of carboxylic acid groups (broad SMARTS) is 1. The molecule has 2 N–H and O–H groups in total. The van der Waals surface area contributed by atoms with E-state index in [0.29, 0.717) is 0 Å². The number of hydrogen-bond donors (Lipinski definition) is 2.